The summed E-state index contributed by atoms with van der Waals surface area (Å²) < 4.78 is 13.3. The Labute approximate surface area is 113 Å². The largest absolute Gasteiger partial charge is 0.370 e. The van der Waals surface area contributed by atoms with E-state index in [1.165, 1.54) is 18.9 Å². The predicted octanol–water partition coefficient (Wildman–Crippen LogP) is 2.52. The van der Waals surface area contributed by atoms with Gasteiger partial charge in [-0.2, -0.15) is 0 Å². The van der Waals surface area contributed by atoms with Crippen LogP contribution in [-0.4, -0.2) is 35.4 Å². The van der Waals surface area contributed by atoms with Gasteiger partial charge in [0.15, 0.2) is 0 Å². The zero-order valence-electron chi connectivity index (χ0n) is 11.6. The molecule has 1 heterocycles. The number of rotatable bonds is 5. The van der Waals surface area contributed by atoms with Crippen LogP contribution in [0.1, 0.15) is 37.0 Å². The Bertz CT molecular complexity index is 474. The van der Waals surface area contributed by atoms with Gasteiger partial charge in [0.25, 0.3) is 5.91 Å². The first kappa shape index (κ1) is 13.8. The van der Waals surface area contributed by atoms with Crippen LogP contribution in [0.3, 0.4) is 0 Å². The van der Waals surface area contributed by atoms with Crippen molar-refractivity contribution in [1.29, 1.82) is 0 Å². The minimum atomic E-state index is -0.488. The molecule has 0 saturated heterocycles. The molecule has 0 aliphatic heterocycles. The Kier molecular flexibility index (Phi) is 4.02. The van der Waals surface area contributed by atoms with E-state index in [4.69, 9.17) is 0 Å². The number of nitrogens with zero attached hydrogens (tertiary/aromatic N) is 2. The van der Waals surface area contributed by atoms with Crippen LogP contribution in [0, 0.1) is 11.7 Å². The van der Waals surface area contributed by atoms with Crippen LogP contribution in [0.25, 0.3) is 0 Å². The first-order valence-corrected chi connectivity index (χ1v) is 6.71. The first-order valence-electron chi connectivity index (χ1n) is 6.71. The van der Waals surface area contributed by atoms with Crippen molar-refractivity contribution in [2.45, 2.75) is 32.7 Å². The average Bonchev–Trinajstić information content (AvgIpc) is 3.23. The number of amides is 1. The summed E-state index contributed by atoms with van der Waals surface area (Å²) in [5, 5.41) is 3.00. The standard InChI is InChI=1S/C14H20FN3O/c1-4-16-13-12(7-11(15)8-17-13)14(19)18(3)9(2)10-5-6-10/h7-10H,4-6H2,1-3H3,(H,16,17). The Hall–Kier alpha value is -1.65. The predicted molar refractivity (Wildman–Crippen MR) is 72.6 cm³/mol. The van der Waals surface area contributed by atoms with Gasteiger partial charge in [-0.15, -0.1) is 0 Å². The molecule has 5 heteroatoms. The highest BCUT2D eigenvalue weighted by molar-refractivity contribution is 5.98. The van der Waals surface area contributed by atoms with Crippen molar-refractivity contribution < 1.29 is 9.18 Å². The molecule has 1 N–H and O–H groups in total. The summed E-state index contributed by atoms with van der Waals surface area (Å²) in [5.41, 5.74) is 0.303. The molecule has 0 bridgehead atoms. The van der Waals surface area contributed by atoms with Crippen LogP contribution >= 0.6 is 0 Å². The van der Waals surface area contributed by atoms with Crippen LogP contribution in [0.4, 0.5) is 10.2 Å². The highest BCUT2D eigenvalue weighted by atomic mass is 19.1. The van der Waals surface area contributed by atoms with Gasteiger partial charge in [-0.25, -0.2) is 9.37 Å². The van der Waals surface area contributed by atoms with E-state index in [2.05, 4.69) is 10.3 Å². The maximum absolute atomic E-state index is 13.3. The van der Waals surface area contributed by atoms with Crippen molar-refractivity contribution in [1.82, 2.24) is 9.88 Å². The molecule has 1 unspecified atom stereocenters. The summed E-state index contributed by atoms with van der Waals surface area (Å²) in [6.45, 7) is 4.59. The molecule has 19 heavy (non-hydrogen) atoms. The Balaban J connectivity index is 2.23. The molecular weight excluding hydrogens is 245 g/mol. The lowest BCUT2D eigenvalue weighted by atomic mass is 10.1. The Morgan fingerprint density at radius 1 is 1.63 bits per heavy atom. The summed E-state index contributed by atoms with van der Waals surface area (Å²) in [5.74, 6) is 0.363. The molecule has 0 aromatic carbocycles. The highest BCUT2D eigenvalue weighted by Crippen LogP contribution is 2.35. The number of halogens is 1. The molecule has 104 valence electrons. The van der Waals surface area contributed by atoms with Crippen molar-refractivity contribution in [2.75, 3.05) is 18.9 Å². The second kappa shape index (κ2) is 5.55. The molecule has 1 aromatic rings. The minimum absolute atomic E-state index is 0.178. The zero-order valence-corrected chi connectivity index (χ0v) is 11.6. The number of hydrogen-bond donors (Lipinski definition) is 1. The summed E-state index contributed by atoms with van der Waals surface area (Å²) in [6, 6.07) is 1.44. The quantitative estimate of drug-likeness (QED) is 0.889. The third-order valence-corrected chi connectivity index (χ3v) is 3.66. The van der Waals surface area contributed by atoms with Crippen LogP contribution in [0.5, 0.6) is 0 Å². The normalized spacial score (nSPS) is 16.0. The Morgan fingerprint density at radius 3 is 2.89 bits per heavy atom. The van der Waals surface area contributed by atoms with E-state index in [0.29, 0.717) is 23.8 Å². The van der Waals surface area contributed by atoms with E-state index in [1.54, 1.807) is 11.9 Å². The summed E-state index contributed by atoms with van der Waals surface area (Å²) in [7, 11) is 1.77. The fourth-order valence-corrected chi connectivity index (χ4v) is 2.18. The molecule has 1 aromatic heterocycles. The topological polar surface area (TPSA) is 45.2 Å². The number of anilines is 1. The van der Waals surface area contributed by atoms with E-state index >= 15 is 0 Å². The lowest BCUT2D eigenvalue weighted by molar-refractivity contribution is 0.0727. The van der Waals surface area contributed by atoms with Crippen LogP contribution in [0.15, 0.2) is 12.3 Å². The van der Waals surface area contributed by atoms with Crippen molar-refractivity contribution in [3.63, 3.8) is 0 Å². The second-order valence-electron chi connectivity index (χ2n) is 5.07. The molecular formula is C14H20FN3O. The Morgan fingerprint density at radius 2 is 2.32 bits per heavy atom. The van der Waals surface area contributed by atoms with Gasteiger partial charge in [0.2, 0.25) is 0 Å². The van der Waals surface area contributed by atoms with Gasteiger partial charge in [-0.3, -0.25) is 4.79 Å². The maximum atomic E-state index is 13.3. The van der Waals surface area contributed by atoms with Gasteiger partial charge in [-0.05, 0) is 38.7 Å². The van der Waals surface area contributed by atoms with Crippen LogP contribution in [-0.2, 0) is 0 Å². The van der Waals surface area contributed by atoms with Crippen molar-refractivity contribution >= 4 is 11.7 Å². The van der Waals surface area contributed by atoms with E-state index in [-0.39, 0.29) is 11.9 Å². The monoisotopic (exact) mass is 265 g/mol. The van der Waals surface area contributed by atoms with E-state index in [0.717, 1.165) is 6.20 Å². The van der Waals surface area contributed by atoms with Gasteiger partial charge in [0.1, 0.15) is 11.6 Å². The van der Waals surface area contributed by atoms with Gasteiger partial charge < -0.3 is 10.2 Å². The molecule has 1 atom stereocenters. The number of nitrogens with one attached hydrogen (secondary N) is 1. The zero-order chi connectivity index (χ0) is 14.0. The van der Waals surface area contributed by atoms with Gasteiger partial charge >= 0.3 is 0 Å². The van der Waals surface area contributed by atoms with Crippen LogP contribution < -0.4 is 5.32 Å². The molecule has 0 spiro atoms. The fourth-order valence-electron chi connectivity index (χ4n) is 2.18. The molecule has 1 amide bonds. The first-order chi connectivity index (χ1) is 9.04. The van der Waals surface area contributed by atoms with E-state index < -0.39 is 5.82 Å². The number of carbonyl (C=O) groups is 1. The smallest absolute Gasteiger partial charge is 0.257 e. The molecule has 1 fully saturated rings. The summed E-state index contributed by atoms with van der Waals surface area (Å²) in [4.78, 5) is 18.1. The number of hydrogen-bond acceptors (Lipinski definition) is 3. The molecule has 1 saturated carbocycles. The highest BCUT2D eigenvalue weighted by Gasteiger charge is 2.33. The average molecular weight is 265 g/mol. The molecule has 1 aliphatic carbocycles. The van der Waals surface area contributed by atoms with Crippen LogP contribution in [0.2, 0.25) is 0 Å². The lowest BCUT2D eigenvalue weighted by Crippen LogP contribution is -2.37. The summed E-state index contributed by atoms with van der Waals surface area (Å²) >= 11 is 0. The molecule has 4 nitrogen and oxygen atoms in total. The third-order valence-electron chi connectivity index (χ3n) is 3.66. The minimum Gasteiger partial charge on any atom is -0.370 e. The molecule has 2 rings (SSSR count). The number of aromatic nitrogens is 1. The van der Waals surface area contributed by atoms with E-state index in [9.17, 15) is 9.18 Å². The van der Waals surface area contributed by atoms with E-state index in [1.807, 2.05) is 13.8 Å². The van der Waals surface area contributed by atoms with Crippen molar-refractivity contribution in [3.8, 4) is 0 Å². The van der Waals surface area contributed by atoms with Gasteiger partial charge in [-0.1, -0.05) is 0 Å². The van der Waals surface area contributed by atoms with Crippen molar-refractivity contribution in [3.05, 3.63) is 23.6 Å². The van der Waals surface area contributed by atoms with Gasteiger partial charge in [0, 0.05) is 19.6 Å². The maximum Gasteiger partial charge on any atom is 0.257 e. The lowest BCUT2D eigenvalue weighted by Gasteiger charge is -2.25. The number of carbonyl (C=O) groups excluding carboxylic acids is 1. The molecule has 0 radical (unpaired) electrons. The SMILES string of the molecule is CCNc1ncc(F)cc1C(=O)N(C)C(C)C1CC1. The van der Waals surface area contributed by atoms with Gasteiger partial charge in [0.05, 0.1) is 11.8 Å². The molecule has 1 aliphatic rings. The van der Waals surface area contributed by atoms with Crippen molar-refractivity contribution in [2.24, 2.45) is 5.92 Å². The number of pyridine rings is 1. The fraction of sp³-hybridized carbons (Fsp3) is 0.571. The second-order valence-corrected chi connectivity index (χ2v) is 5.07. The third kappa shape index (κ3) is 3.03. The summed E-state index contributed by atoms with van der Waals surface area (Å²) in [6.07, 6.45) is 3.46.